The van der Waals surface area contributed by atoms with Crippen LogP contribution in [0.15, 0.2) is 24.3 Å². The van der Waals surface area contributed by atoms with Gasteiger partial charge in [0.2, 0.25) is 5.91 Å². The third-order valence-electron chi connectivity index (χ3n) is 2.68. The highest BCUT2D eigenvalue weighted by atomic mass is 16.2. The lowest BCUT2D eigenvalue weighted by atomic mass is 10.1. The van der Waals surface area contributed by atoms with Crippen molar-refractivity contribution in [3.63, 3.8) is 0 Å². The largest absolute Gasteiger partial charge is 0.352 e. The van der Waals surface area contributed by atoms with Crippen molar-refractivity contribution >= 4 is 5.91 Å². The van der Waals surface area contributed by atoms with E-state index in [9.17, 15) is 4.79 Å². The molecule has 86 valence electrons. The molecule has 0 atom stereocenters. The summed E-state index contributed by atoms with van der Waals surface area (Å²) in [7, 11) is 0. The molecule has 0 radical (unpaired) electrons. The maximum Gasteiger partial charge on any atom is 0.234 e. The average molecular weight is 218 g/mol. The van der Waals surface area contributed by atoms with E-state index in [1.165, 1.54) is 11.1 Å². The molecule has 1 aromatic carbocycles. The van der Waals surface area contributed by atoms with Crippen molar-refractivity contribution in [3.05, 3.63) is 35.4 Å². The number of carbonyl (C=O) groups excluding carboxylic acids is 1. The SMILES string of the molecule is Cc1ccc(CNCC(=O)NC2CC2)cc1. The van der Waals surface area contributed by atoms with Crippen molar-refractivity contribution in [3.8, 4) is 0 Å². The number of hydrogen-bond acceptors (Lipinski definition) is 2. The van der Waals surface area contributed by atoms with E-state index in [4.69, 9.17) is 0 Å². The first kappa shape index (κ1) is 11.1. The van der Waals surface area contributed by atoms with Gasteiger partial charge < -0.3 is 10.6 Å². The zero-order valence-electron chi connectivity index (χ0n) is 9.62. The second-order valence-corrected chi connectivity index (χ2v) is 4.43. The lowest BCUT2D eigenvalue weighted by Gasteiger charge is -2.05. The Morgan fingerprint density at radius 3 is 2.62 bits per heavy atom. The number of nitrogens with one attached hydrogen (secondary N) is 2. The van der Waals surface area contributed by atoms with Crippen LogP contribution in [0.2, 0.25) is 0 Å². The van der Waals surface area contributed by atoms with Gasteiger partial charge in [-0.3, -0.25) is 4.79 Å². The van der Waals surface area contributed by atoms with E-state index < -0.39 is 0 Å². The number of aryl methyl sites for hydroxylation is 1. The Labute approximate surface area is 96.2 Å². The van der Waals surface area contributed by atoms with Gasteiger partial charge in [-0.1, -0.05) is 29.8 Å². The standard InChI is InChI=1S/C13H18N2O/c1-10-2-4-11(5-3-10)8-14-9-13(16)15-12-6-7-12/h2-5,12,14H,6-9H2,1H3,(H,15,16). The molecule has 1 aromatic rings. The fourth-order valence-corrected chi connectivity index (χ4v) is 1.53. The molecule has 0 saturated heterocycles. The zero-order valence-corrected chi connectivity index (χ0v) is 9.62. The highest BCUT2D eigenvalue weighted by molar-refractivity contribution is 5.78. The van der Waals surface area contributed by atoms with E-state index in [2.05, 4.69) is 41.8 Å². The van der Waals surface area contributed by atoms with Gasteiger partial charge in [-0.15, -0.1) is 0 Å². The van der Waals surface area contributed by atoms with Crippen LogP contribution in [0.5, 0.6) is 0 Å². The summed E-state index contributed by atoms with van der Waals surface area (Å²) in [5.74, 6) is 0.106. The molecule has 0 spiro atoms. The van der Waals surface area contributed by atoms with Gasteiger partial charge >= 0.3 is 0 Å². The molecule has 3 heteroatoms. The number of rotatable bonds is 5. The normalized spacial score (nSPS) is 14.8. The minimum absolute atomic E-state index is 0.106. The summed E-state index contributed by atoms with van der Waals surface area (Å²) in [4.78, 5) is 11.4. The second-order valence-electron chi connectivity index (χ2n) is 4.43. The number of amides is 1. The van der Waals surface area contributed by atoms with Gasteiger partial charge in [0.25, 0.3) is 0 Å². The fourth-order valence-electron chi connectivity index (χ4n) is 1.53. The Hall–Kier alpha value is -1.35. The molecule has 1 aliphatic rings. The average Bonchev–Trinajstić information content (AvgIpc) is 3.05. The topological polar surface area (TPSA) is 41.1 Å². The van der Waals surface area contributed by atoms with Crippen molar-refractivity contribution < 1.29 is 4.79 Å². The van der Waals surface area contributed by atoms with E-state index in [1.54, 1.807) is 0 Å². The van der Waals surface area contributed by atoms with Gasteiger partial charge in [0.05, 0.1) is 6.54 Å². The Balaban J connectivity index is 1.66. The molecule has 2 N–H and O–H groups in total. The quantitative estimate of drug-likeness (QED) is 0.783. The van der Waals surface area contributed by atoms with Gasteiger partial charge in [0.1, 0.15) is 0 Å². The van der Waals surface area contributed by atoms with E-state index in [-0.39, 0.29) is 5.91 Å². The van der Waals surface area contributed by atoms with Crippen molar-refractivity contribution in [2.75, 3.05) is 6.54 Å². The van der Waals surface area contributed by atoms with E-state index >= 15 is 0 Å². The molecule has 1 aliphatic carbocycles. The smallest absolute Gasteiger partial charge is 0.234 e. The van der Waals surface area contributed by atoms with Crippen LogP contribution in [0.25, 0.3) is 0 Å². The molecular weight excluding hydrogens is 200 g/mol. The van der Waals surface area contributed by atoms with Crippen LogP contribution < -0.4 is 10.6 Å². The molecule has 16 heavy (non-hydrogen) atoms. The van der Waals surface area contributed by atoms with Crippen LogP contribution in [-0.2, 0) is 11.3 Å². The van der Waals surface area contributed by atoms with Crippen molar-refractivity contribution in [2.24, 2.45) is 0 Å². The zero-order chi connectivity index (χ0) is 11.4. The monoisotopic (exact) mass is 218 g/mol. The van der Waals surface area contributed by atoms with Gasteiger partial charge in [0, 0.05) is 12.6 Å². The predicted molar refractivity (Wildman–Crippen MR) is 64.1 cm³/mol. The fraction of sp³-hybridized carbons (Fsp3) is 0.462. The Bertz CT molecular complexity index is 355. The summed E-state index contributed by atoms with van der Waals surface area (Å²) in [6.07, 6.45) is 2.29. The van der Waals surface area contributed by atoms with E-state index in [0.29, 0.717) is 12.6 Å². The minimum atomic E-state index is 0.106. The van der Waals surface area contributed by atoms with Crippen LogP contribution in [0.4, 0.5) is 0 Å². The first-order chi connectivity index (χ1) is 7.74. The van der Waals surface area contributed by atoms with E-state index in [0.717, 1.165) is 19.4 Å². The van der Waals surface area contributed by atoms with Crippen LogP contribution in [0.1, 0.15) is 24.0 Å². The van der Waals surface area contributed by atoms with Gasteiger partial charge in [-0.25, -0.2) is 0 Å². The maximum atomic E-state index is 11.4. The van der Waals surface area contributed by atoms with Crippen LogP contribution >= 0.6 is 0 Å². The van der Waals surface area contributed by atoms with Gasteiger partial charge in [-0.05, 0) is 25.3 Å². The highest BCUT2D eigenvalue weighted by Gasteiger charge is 2.22. The summed E-state index contributed by atoms with van der Waals surface area (Å²) in [6.45, 7) is 3.23. The first-order valence-electron chi connectivity index (χ1n) is 5.79. The molecule has 1 amide bonds. The van der Waals surface area contributed by atoms with Crippen LogP contribution in [0, 0.1) is 6.92 Å². The number of carbonyl (C=O) groups is 1. The molecule has 1 saturated carbocycles. The lowest BCUT2D eigenvalue weighted by molar-refractivity contribution is -0.120. The molecule has 2 rings (SSSR count). The maximum absolute atomic E-state index is 11.4. The second kappa shape index (κ2) is 5.12. The van der Waals surface area contributed by atoms with Gasteiger partial charge in [0.15, 0.2) is 0 Å². The molecule has 0 unspecified atom stereocenters. The molecule has 3 nitrogen and oxygen atoms in total. The number of hydrogen-bond donors (Lipinski definition) is 2. The molecular formula is C13H18N2O. The van der Waals surface area contributed by atoms with Crippen LogP contribution in [-0.4, -0.2) is 18.5 Å². The lowest BCUT2D eigenvalue weighted by Crippen LogP contribution is -2.34. The summed E-state index contributed by atoms with van der Waals surface area (Å²) in [5, 5.41) is 6.09. The summed E-state index contributed by atoms with van der Waals surface area (Å²) < 4.78 is 0. The predicted octanol–water partition coefficient (Wildman–Crippen LogP) is 1.36. The van der Waals surface area contributed by atoms with E-state index in [1.807, 2.05) is 0 Å². The van der Waals surface area contributed by atoms with Crippen molar-refractivity contribution in [1.82, 2.24) is 10.6 Å². The molecule has 0 heterocycles. The molecule has 1 fully saturated rings. The molecule has 0 aliphatic heterocycles. The summed E-state index contributed by atoms with van der Waals surface area (Å²) >= 11 is 0. The molecule has 0 bridgehead atoms. The van der Waals surface area contributed by atoms with Crippen molar-refractivity contribution in [2.45, 2.75) is 32.4 Å². The Morgan fingerprint density at radius 1 is 1.31 bits per heavy atom. The third-order valence-corrected chi connectivity index (χ3v) is 2.68. The highest BCUT2D eigenvalue weighted by Crippen LogP contribution is 2.18. The number of benzene rings is 1. The van der Waals surface area contributed by atoms with Gasteiger partial charge in [-0.2, -0.15) is 0 Å². The Kier molecular flexibility index (Phi) is 3.57. The molecule has 0 aromatic heterocycles. The Morgan fingerprint density at radius 2 is 2.00 bits per heavy atom. The van der Waals surface area contributed by atoms with Crippen molar-refractivity contribution in [1.29, 1.82) is 0 Å². The summed E-state index contributed by atoms with van der Waals surface area (Å²) in [6, 6.07) is 8.79. The minimum Gasteiger partial charge on any atom is -0.352 e. The van der Waals surface area contributed by atoms with Crippen LogP contribution in [0.3, 0.4) is 0 Å². The third kappa shape index (κ3) is 3.66. The summed E-state index contributed by atoms with van der Waals surface area (Å²) in [5.41, 5.74) is 2.47. The first-order valence-corrected chi connectivity index (χ1v) is 5.79.